The van der Waals surface area contributed by atoms with Crippen LogP contribution in [0.5, 0.6) is 0 Å². The smallest absolute Gasteiger partial charge is 0.0725 e. The van der Waals surface area contributed by atoms with Crippen molar-refractivity contribution in [2.75, 3.05) is 5.32 Å². The first-order valence-electron chi connectivity index (χ1n) is 7.46. The van der Waals surface area contributed by atoms with Gasteiger partial charge in [0.1, 0.15) is 0 Å². The second kappa shape index (κ2) is 5.19. The van der Waals surface area contributed by atoms with E-state index in [2.05, 4.69) is 63.8 Å². The molecule has 0 radical (unpaired) electrons. The zero-order chi connectivity index (χ0) is 14.9. The molecule has 108 valence electrons. The van der Waals surface area contributed by atoms with E-state index < -0.39 is 0 Å². The lowest BCUT2D eigenvalue weighted by Gasteiger charge is -2.10. The van der Waals surface area contributed by atoms with Gasteiger partial charge in [-0.2, -0.15) is 0 Å². The zero-order valence-electron chi connectivity index (χ0n) is 12.4. The van der Waals surface area contributed by atoms with Crippen LogP contribution in [0.4, 0.5) is 5.69 Å². The van der Waals surface area contributed by atoms with Crippen LogP contribution < -0.4 is 5.32 Å². The van der Waals surface area contributed by atoms with Crippen molar-refractivity contribution in [1.82, 2.24) is 9.97 Å². The number of fused-ring (bicyclic) bond motifs is 2. The summed E-state index contributed by atoms with van der Waals surface area (Å²) < 4.78 is 0. The first-order valence-corrected chi connectivity index (χ1v) is 7.46. The second-order valence-electron chi connectivity index (χ2n) is 5.56. The van der Waals surface area contributed by atoms with Crippen molar-refractivity contribution in [1.29, 1.82) is 0 Å². The third-order valence-electron chi connectivity index (χ3n) is 3.90. The largest absolute Gasteiger partial charge is 0.379 e. The Bertz CT molecular complexity index is 920. The number of hydrogen-bond acceptors (Lipinski definition) is 2. The van der Waals surface area contributed by atoms with E-state index in [-0.39, 0.29) is 0 Å². The van der Waals surface area contributed by atoms with Gasteiger partial charge in [0.15, 0.2) is 0 Å². The molecule has 3 heteroatoms. The predicted molar refractivity (Wildman–Crippen MR) is 92.1 cm³/mol. The first-order chi connectivity index (χ1) is 10.8. The minimum absolute atomic E-state index is 0.766. The van der Waals surface area contributed by atoms with Gasteiger partial charge in [0.25, 0.3) is 0 Å². The number of aromatic amines is 1. The molecule has 0 saturated heterocycles. The van der Waals surface area contributed by atoms with Gasteiger partial charge in [0.2, 0.25) is 0 Å². The van der Waals surface area contributed by atoms with Gasteiger partial charge in [-0.25, -0.2) is 0 Å². The van der Waals surface area contributed by atoms with Crippen molar-refractivity contribution in [3.8, 4) is 0 Å². The molecule has 2 heterocycles. The van der Waals surface area contributed by atoms with Gasteiger partial charge in [0, 0.05) is 28.0 Å². The van der Waals surface area contributed by atoms with Crippen LogP contribution in [0.2, 0.25) is 0 Å². The van der Waals surface area contributed by atoms with E-state index in [0.29, 0.717) is 0 Å². The summed E-state index contributed by atoms with van der Waals surface area (Å²) in [5.74, 6) is 0. The molecule has 0 unspecified atom stereocenters. The normalized spacial score (nSPS) is 11.1. The summed E-state index contributed by atoms with van der Waals surface area (Å²) in [6.07, 6.45) is 0. The van der Waals surface area contributed by atoms with Crippen molar-refractivity contribution in [3.05, 3.63) is 72.1 Å². The fraction of sp³-hybridized carbons (Fsp3) is 0.105. The zero-order valence-corrected chi connectivity index (χ0v) is 12.4. The lowest BCUT2D eigenvalue weighted by molar-refractivity contribution is 1.08. The molecular formula is C19H17N3. The summed E-state index contributed by atoms with van der Waals surface area (Å²) in [6, 6.07) is 20.9. The molecule has 4 rings (SSSR count). The Kier molecular flexibility index (Phi) is 3.04. The molecule has 0 aliphatic heterocycles. The minimum atomic E-state index is 0.766. The van der Waals surface area contributed by atoms with Gasteiger partial charge in [0.05, 0.1) is 12.1 Å². The summed E-state index contributed by atoms with van der Waals surface area (Å²) in [5.41, 5.74) is 5.54. The van der Waals surface area contributed by atoms with Crippen LogP contribution >= 0.6 is 0 Å². The number of aryl methyl sites for hydroxylation is 1. The maximum Gasteiger partial charge on any atom is 0.0725 e. The SMILES string of the molecule is Cc1cc(NCc2cc3ccccc3[nH]2)c2ccccc2n1. The second-order valence-corrected chi connectivity index (χ2v) is 5.56. The van der Waals surface area contributed by atoms with Crippen LogP contribution in [0.15, 0.2) is 60.7 Å². The third-order valence-corrected chi connectivity index (χ3v) is 3.90. The first kappa shape index (κ1) is 12.9. The molecule has 4 aromatic rings. The van der Waals surface area contributed by atoms with Crippen molar-refractivity contribution in [2.45, 2.75) is 13.5 Å². The van der Waals surface area contributed by atoms with Crippen molar-refractivity contribution >= 4 is 27.5 Å². The Balaban J connectivity index is 1.66. The minimum Gasteiger partial charge on any atom is -0.379 e. The van der Waals surface area contributed by atoms with Crippen molar-refractivity contribution < 1.29 is 0 Å². The maximum atomic E-state index is 4.58. The molecule has 0 amide bonds. The molecule has 2 aromatic carbocycles. The van der Waals surface area contributed by atoms with E-state index in [1.54, 1.807) is 0 Å². The van der Waals surface area contributed by atoms with Crippen LogP contribution in [-0.2, 0) is 6.54 Å². The summed E-state index contributed by atoms with van der Waals surface area (Å²) in [7, 11) is 0. The van der Waals surface area contributed by atoms with Crippen LogP contribution in [0, 0.1) is 6.92 Å². The van der Waals surface area contributed by atoms with Gasteiger partial charge >= 0.3 is 0 Å². The molecule has 22 heavy (non-hydrogen) atoms. The molecule has 0 aliphatic rings. The molecule has 0 saturated carbocycles. The van der Waals surface area contributed by atoms with E-state index in [9.17, 15) is 0 Å². The summed E-state index contributed by atoms with van der Waals surface area (Å²) in [6.45, 7) is 2.79. The fourth-order valence-electron chi connectivity index (χ4n) is 2.87. The van der Waals surface area contributed by atoms with Crippen molar-refractivity contribution in [3.63, 3.8) is 0 Å². The molecule has 0 spiro atoms. The highest BCUT2D eigenvalue weighted by Gasteiger charge is 2.04. The van der Waals surface area contributed by atoms with Crippen LogP contribution in [-0.4, -0.2) is 9.97 Å². The van der Waals surface area contributed by atoms with E-state index in [1.165, 1.54) is 16.6 Å². The van der Waals surface area contributed by atoms with Crippen LogP contribution in [0.25, 0.3) is 21.8 Å². The standard InChI is InChI=1S/C19H17N3/c1-13-10-19(16-7-3-5-9-18(16)21-13)20-12-15-11-14-6-2-4-8-17(14)22-15/h2-11,22H,12H2,1H3,(H,20,21). The van der Waals surface area contributed by atoms with E-state index >= 15 is 0 Å². The number of para-hydroxylation sites is 2. The maximum absolute atomic E-state index is 4.58. The highest BCUT2D eigenvalue weighted by Crippen LogP contribution is 2.24. The Morgan fingerprint density at radius 1 is 1.00 bits per heavy atom. The number of nitrogens with zero attached hydrogens (tertiary/aromatic N) is 1. The third kappa shape index (κ3) is 2.31. The summed E-state index contributed by atoms with van der Waals surface area (Å²) in [4.78, 5) is 8.03. The number of pyridine rings is 1. The Morgan fingerprint density at radius 2 is 1.82 bits per heavy atom. The molecule has 2 aromatic heterocycles. The van der Waals surface area contributed by atoms with Crippen LogP contribution in [0.3, 0.4) is 0 Å². The highest BCUT2D eigenvalue weighted by atomic mass is 14.9. The average molecular weight is 287 g/mol. The highest BCUT2D eigenvalue weighted by molar-refractivity contribution is 5.91. The van der Waals surface area contributed by atoms with Gasteiger partial charge in [-0.15, -0.1) is 0 Å². The Hall–Kier alpha value is -2.81. The van der Waals surface area contributed by atoms with Crippen molar-refractivity contribution in [2.24, 2.45) is 0 Å². The lowest BCUT2D eigenvalue weighted by Crippen LogP contribution is -2.01. The monoisotopic (exact) mass is 287 g/mol. The average Bonchev–Trinajstić information content (AvgIpc) is 2.95. The predicted octanol–water partition coefficient (Wildman–Crippen LogP) is 4.64. The molecule has 0 aliphatic carbocycles. The molecular weight excluding hydrogens is 270 g/mol. The van der Waals surface area contributed by atoms with Crippen LogP contribution in [0.1, 0.15) is 11.4 Å². The van der Waals surface area contributed by atoms with Gasteiger partial charge in [-0.05, 0) is 36.6 Å². The molecule has 2 N–H and O–H groups in total. The Labute approximate surface area is 129 Å². The van der Waals surface area contributed by atoms with Gasteiger partial charge < -0.3 is 10.3 Å². The van der Waals surface area contributed by atoms with E-state index in [1.807, 2.05) is 19.1 Å². The number of rotatable bonds is 3. The number of aromatic nitrogens is 2. The van der Waals surface area contributed by atoms with Gasteiger partial charge in [-0.3, -0.25) is 4.98 Å². The molecule has 0 atom stereocenters. The lowest BCUT2D eigenvalue weighted by atomic mass is 10.1. The molecule has 3 nitrogen and oxygen atoms in total. The number of nitrogens with one attached hydrogen (secondary N) is 2. The van der Waals surface area contributed by atoms with E-state index in [4.69, 9.17) is 0 Å². The van der Waals surface area contributed by atoms with E-state index in [0.717, 1.165) is 28.8 Å². The number of anilines is 1. The number of hydrogen-bond donors (Lipinski definition) is 2. The fourth-order valence-corrected chi connectivity index (χ4v) is 2.87. The number of H-pyrrole nitrogens is 1. The summed E-state index contributed by atoms with van der Waals surface area (Å²) >= 11 is 0. The summed E-state index contributed by atoms with van der Waals surface area (Å²) in [5, 5.41) is 5.94. The molecule has 0 fully saturated rings. The van der Waals surface area contributed by atoms with Gasteiger partial charge in [-0.1, -0.05) is 36.4 Å². The Morgan fingerprint density at radius 3 is 2.73 bits per heavy atom. The quantitative estimate of drug-likeness (QED) is 0.576. The topological polar surface area (TPSA) is 40.7 Å². The number of benzene rings is 2. The molecule has 0 bridgehead atoms.